The van der Waals surface area contributed by atoms with Gasteiger partial charge < -0.3 is 4.90 Å². The summed E-state index contributed by atoms with van der Waals surface area (Å²) in [5.74, 6) is -0.152. The first-order valence-electron chi connectivity index (χ1n) is 5.46. The highest BCUT2D eigenvalue weighted by Crippen LogP contribution is 2.14. The smallest absolute Gasteiger partial charge is 0.311 e. The molecule has 0 saturated carbocycles. The van der Waals surface area contributed by atoms with E-state index >= 15 is 0 Å². The Balaban J connectivity index is 2.09. The van der Waals surface area contributed by atoms with Crippen molar-refractivity contribution in [2.24, 2.45) is 0 Å². The van der Waals surface area contributed by atoms with Crippen LogP contribution in [0, 0.1) is 0 Å². The summed E-state index contributed by atoms with van der Waals surface area (Å²) in [4.78, 5) is 26.4. The second-order valence-electron chi connectivity index (χ2n) is 3.92. The van der Waals surface area contributed by atoms with E-state index in [-0.39, 0.29) is 18.5 Å². The Morgan fingerprint density at radius 1 is 1.24 bits per heavy atom. The zero-order chi connectivity index (χ0) is 12.3. The molecule has 3 amide bonds. The van der Waals surface area contributed by atoms with Crippen molar-refractivity contribution >= 4 is 11.9 Å². The topological polar surface area (TPSA) is 40.6 Å². The van der Waals surface area contributed by atoms with Gasteiger partial charge in [0.25, 0.3) is 5.91 Å². The summed E-state index contributed by atoms with van der Waals surface area (Å²) in [6, 6.07) is 9.25. The molecule has 0 atom stereocenters. The van der Waals surface area contributed by atoms with Crippen molar-refractivity contribution in [2.75, 3.05) is 13.1 Å². The Morgan fingerprint density at radius 2 is 1.94 bits per heavy atom. The first kappa shape index (κ1) is 11.4. The van der Waals surface area contributed by atoms with Crippen molar-refractivity contribution in [2.45, 2.75) is 6.54 Å². The Labute approximate surface area is 100 Å². The maximum absolute atomic E-state index is 11.9. The van der Waals surface area contributed by atoms with Crippen LogP contribution in [0.4, 0.5) is 4.79 Å². The number of benzene rings is 1. The van der Waals surface area contributed by atoms with Crippen LogP contribution in [0.25, 0.3) is 0 Å². The molecule has 1 fully saturated rings. The average Bonchev–Trinajstić information content (AvgIpc) is 2.59. The van der Waals surface area contributed by atoms with E-state index in [1.165, 1.54) is 9.80 Å². The quantitative estimate of drug-likeness (QED) is 0.582. The number of amides is 3. The van der Waals surface area contributed by atoms with E-state index in [1.807, 2.05) is 30.3 Å². The van der Waals surface area contributed by atoms with Crippen molar-refractivity contribution in [1.82, 2.24) is 9.80 Å². The molecule has 17 heavy (non-hydrogen) atoms. The van der Waals surface area contributed by atoms with Gasteiger partial charge in [0.15, 0.2) is 0 Å². The van der Waals surface area contributed by atoms with Crippen LogP contribution in [0.5, 0.6) is 0 Å². The predicted molar refractivity (Wildman–Crippen MR) is 64.2 cm³/mol. The van der Waals surface area contributed by atoms with E-state index in [9.17, 15) is 9.59 Å². The third kappa shape index (κ3) is 2.36. The normalized spacial score (nSPS) is 15.5. The summed E-state index contributed by atoms with van der Waals surface area (Å²) >= 11 is 0. The molecular weight excluding hydrogens is 216 g/mol. The van der Waals surface area contributed by atoms with Gasteiger partial charge in [-0.15, -0.1) is 6.58 Å². The standard InChI is InChI=1S/C13H14N2O2/c1-2-8-14-10-12(16)15(13(14)17)9-11-6-4-3-5-7-11/h2-7H,1,8-10H2. The lowest BCUT2D eigenvalue weighted by molar-refractivity contribution is -0.125. The first-order valence-corrected chi connectivity index (χ1v) is 5.46. The van der Waals surface area contributed by atoms with Crippen LogP contribution in [0.1, 0.15) is 5.56 Å². The Hall–Kier alpha value is -2.10. The van der Waals surface area contributed by atoms with Crippen molar-refractivity contribution in [3.05, 3.63) is 48.6 Å². The van der Waals surface area contributed by atoms with Crippen molar-refractivity contribution in [3.8, 4) is 0 Å². The summed E-state index contributed by atoms with van der Waals surface area (Å²) in [5.41, 5.74) is 0.953. The van der Waals surface area contributed by atoms with Gasteiger partial charge in [-0.3, -0.25) is 9.69 Å². The third-order valence-electron chi connectivity index (χ3n) is 2.66. The molecule has 0 bridgehead atoms. The molecule has 1 aromatic rings. The highest BCUT2D eigenvalue weighted by atomic mass is 16.2. The fourth-order valence-corrected chi connectivity index (χ4v) is 1.81. The van der Waals surface area contributed by atoms with E-state index in [0.717, 1.165) is 5.56 Å². The molecule has 4 heteroatoms. The fraction of sp³-hybridized carbons (Fsp3) is 0.231. The molecule has 1 saturated heterocycles. The number of hydrogen-bond acceptors (Lipinski definition) is 2. The van der Waals surface area contributed by atoms with Gasteiger partial charge in [0, 0.05) is 6.54 Å². The number of carbonyl (C=O) groups excluding carboxylic acids is 2. The number of urea groups is 1. The van der Waals surface area contributed by atoms with Gasteiger partial charge in [0.05, 0.1) is 6.54 Å². The molecule has 0 N–H and O–H groups in total. The highest BCUT2D eigenvalue weighted by molar-refractivity contribution is 6.01. The molecule has 1 aliphatic heterocycles. The van der Waals surface area contributed by atoms with E-state index in [2.05, 4.69) is 6.58 Å². The summed E-state index contributed by atoms with van der Waals surface area (Å²) in [6.07, 6.45) is 1.62. The van der Waals surface area contributed by atoms with Crippen LogP contribution < -0.4 is 0 Å². The highest BCUT2D eigenvalue weighted by Gasteiger charge is 2.34. The van der Waals surface area contributed by atoms with E-state index < -0.39 is 0 Å². The summed E-state index contributed by atoms with van der Waals surface area (Å²) < 4.78 is 0. The Bertz CT molecular complexity index is 442. The number of hydrogen-bond donors (Lipinski definition) is 0. The third-order valence-corrected chi connectivity index (χ3v) is 2.66. The molecule has 4 nitrogen and oxygen atoms in total. The Morgan fingerprint density at radius 3 is 2.59 bits per heavy atom. The van der Waals surface area contributed by atoms with Crippen LogP contribution in [-0.4, -0.2) is 34.8 Å². The molecular formula is C13H14N2O2. The lowest BCUT2D eigenvalue weighted by Gasteiger charge is -2.15. The monoisotopic (exact) mass is 230 g/mol. The van der Waals surface area contributed by atoms with Gasteiger partial charge in [-0.1, -0.05) is 36.4 Å². The van der Waals surface area contributed by atoms with Crippen molar-refractivity contribution in [3.63, 3.8) is 0 Å². The van der Waals surface area contributed by atoms with Crippen LogP contribution in [0.2, 0.25) is 0 Å². The van der Waals surface area contributed by atoms with E-state index in [1.54, 1.807) is 6.08 Å². The van der Waals surface area contributed by atoms with Crippen molar-refractivity contribution < 1.29 is 9.59 Å². The molecule has 1 aromatic carbocycles. The fourth-order valence-electron chi connectivity index (χ4n) is 1.81. The second-order valence-corrected chi connectivity index (χ2v) is 3.92. The zero-order valence-corrected chi connectivity index (χ0v) is 9.50. The molecule has 0 spiro atoms. The van der Waals surface area contributed by atoms with Crippen LogP contribution in [0.15, 0.2) is 43.0 Å². The molecule has 0 aliphatic carbocycles. The minimum atomic E-state index is -0.237. The van der Waals surface area contributed by atoms with Gasteiger partial charge in [-0.05, 0) is 5.56 Å². The molecule has 0 radical (unpaired) electrons. The van der Waals surface area contributed by atoms with E-state index in [0.29, 0.717) is 13.1 Å². The summed E-state index contributed by atoms with van der Waals surface area (Å²) in [6.45, 7) is 4.47. The largest absolute Gasteiger partial charge is 0.327 e. The van der Waals surface area contributed by atoms with Gasteiger partial charge in [0.2, 0.25) is 0 Å². The predicted octanol–water partition coefficient (Wildman–Crippen LogP) is 1.64. The second kappa shape index (κ2) is 4.82. The van der Waals surface area contributed by atoms with E-state index in [4.69, 9.17) is 0 Å². The minimum Gasteiger partial charge on any atom is -0.311 e. The maximum atomic E-state index is 11.9. The van der Waals surface area contributed by atoms with Gasteiger partial charge in [0.1, 0.15) is 6.54 Å². The number of rotatable bonds is 4. The molecule has 0 aromatic heterocycles. The number of imide groups is 1. The molecule has 88 valence electrons. The SMILES string of the molecule is C=CCN1CC(=O)N(Cc2ccccc2)C1=O. The Kier molecular flexibility index (Phi) is 3.23. The first-order chi connectivity index (χ1) is 8.22. The zero-order valence-electron chi connectivity index (χ0n) is 9.50. The van der Waals surface area contributed by atoms with Crippen molar-refractivity contribution in [1.29, 1.82) is 0 Å². The van der Waals surface area contributed by atoms with Crippen LogP contribution in [0.3, 0.4) is 0 Å². The molecule has 1 aliphatic rings. The van der Waals surface area contributed by atoms with Crippen LogP contribution >= 0.6 is 0 Å². The summed E-state index contributed by atoms with van der Waals surface area (Å²) in [5, 5.41) is 0. The number of nitrogens with zero attached hydrogens (tertiary/aromatic N) is 2. The van der Waals surface area contributed by atoms with Gasteiger partial charge in [-0.25, -0.2) is 4.79 Å². The van der Waals surface area contributed by atoms with Gasteiger partial charge >= 0.3 is 6.03 Å². The lowest BCUT2D eigenvalue weighted by Crippen LogP contribution is -2.32. The minimum absolute atomic E-state index is 0.150. The van der Waals surface area contributed by atoms with Gasteiger partial charge in [-0.2, -0.15) is 0 Å². The molecule has 2 rings (SSSR count). The number of carbonyl (C=O) groups is 2. The molecule has 0 unspecified atom stereocenters. The molecule has 1 heterocycles. The van der Waals surface area contributed by atoms with Crippen LogP contribution in [-0.2, 0) is 11.3 Å². The lowest BCUT2D eigenvalue weighted by atomic mass is 10.2. The maximum Gasteiger partial charge on any atom is 0.327 e. The summed E-state index contributed by atoms with van der Waals surface area (Å²) in [7, 11) is 0. The average molecular weight is 230 g/mol.